The molecule has 1 saturated heterocycles. The first-order valence-electron chi connectivity index (χ1n) is 4.89. The molecule has 1 aromatic rings. The van der Waals surface area contributed by atoms with Gasteiger partial charge in [-0.15, -0.1) is 0 Å². The predicted molar refractivity (Wildman–Crippen MR) is 53.8 cm³/mol. The van der Waals surface area contributed by atoms with E-state index in [4.69, 9.17) is 4.74 Å². The first-order valence-corrected chi connectivity index (χ1v) is 4.89. The van der Waals surface area contributed by atoms with E-state index in [0.29, 0.717) is 6.61 Å². The number of rotatable bonds is 1. The Balaban J connectivity index is 2.30. The maximum atomic E-state index is 10.3. The topological polar surface area (TPSA) is 41.5 Å². The van der Waals surface area contributed by atoms with Crippen LogP contribution in [-0.4, -0.2) is 24.3 Å². The lowest BCUT2D eigenvalue weighted by Crippen LogP contribution is -2.54. The molecule has 0 saturated carbocycles. The van der Waals surface area contributed by atoms with E-state index in [9.17, 15) is 5.11 Å². The molecule has 0 aromatic heterocycles. The van der Waals surface area contributed by atoms with E-state index < -0.39 is 5.79 Å². The molecule has 1 fully saturated rings. The van der Waals surface area contributed by atoms with Gasteiger partial charge in [0.15, 0.2) is 0 Å². The number of nitrogens with one attached hydrogen (secondary N) is 1. The van der Waals surface area contributed by atoms with Crippen LogP contribution in [0.15, 0.2) is 30.3 Å². The Morgan fingerprint density at radius 2 is 2.14 bits per heavy atom. The van der Waals surface area contributed by atoms with Crippen molar-refractivity contribution in [2.45, 2.75) is 18.8 Å². The van der Waals surface area contributed by atoms with Crippen LogP contribution in [0.25, 0.3) is 0 Å². The van der Waals surface area contributed by atoms with E-state index in [2.05, 4.69) is 5.32 Å². The summed E-state index contributed by atoms with van der Waals surface area (Å²) in [6.07, 6.45) is 0. The van der Waals surface area contributed by atoms with Gasteiger partial charge in [-0.1, -0.05) is 30.3 Å². The smallest absolute Gasteiger partial charge is 0.208 e. The van der Waals surface area contributed by atoms with Crippen molar-refractivity contribution in [1.29, 1.82) is 0 Å². The van der Waals surface area contributed by atoms with Gasteiger partial charge in [0.2, 0.25) is 5.79 Å². The van der Waals surface area contributed by atoms with E-state index in [-0.39, 0.29) is 6.04 Å². The van der Waals surface area contributed by atoms with E-state index in [1.165, 1.54) is 0 Å². The van der Waals surface area contributed by atoms with Crippen molar-refractivity contribution in [2.24, 2.45) is 0 Å². The second kappa shape index (κ2) is 3.69. The highest BCUT2D eigenvalue weighted by Crippen LogP contribution is 2.28. The molecular weight excluding hydrogens is 178 g/mol. The highest BCUT2D eigenvalue weighted by atomic mass is 16.6. The highest BCUT2D eigenvalue weighted by molar-refractivity contribution is 5.22. The molecule has 1 aliphatic rings. The van der Waals surface area contributed by atoms with Crippen LogP contribution in [-0.2, 0) is 10.5 Å². The molecule has 14 heavy (non-hydrogen) atoms. The van der Waals surface area contributed by atoms with Crippen LogP contribution in [0.1, 0.15) is 12.5 Å². The van der Waals surface area contributed by atoms with Crippen molar-refractivity contribution in [1.82, 2.24) is 5.32 Å². The first kappa shape index (κ1) is 9.65. The summed E-state index contributed by atoms with van der Waals surface area (Å²) in [6.45, 7) is 3.25. The molecule has 1 heterocycles. The monoisotopic (exact) mass is 193 g/mol. The van der Waals surface area contributed by atoms with Gasteiger partial charge in [-0.25, -0.2) is 0 Å². The van der Waals surface area contributed by atoms with Crippen LogP contribution in [0.2, 0.25) is 0 Å². The standard InChI is InChI=1S/C11H15NO2/c1-9-11(13,14-8-7-12-9)10-5-3-2-4-6-10/h2-6,9,12-13H,7-8H2,1H3/t9-,11+/m1/s1. The number of hydrogen-bond acceptors (Lipinski definition) is 3. The lowest BCUT2D eigenvalue weighted by molar-refractivity contribution is -0.245. The average Bonchev–Trinajstić information content (AvgIpc) is 2.24. The minimum absolute atomic E-state index is 0.0846. The third-order valence-electron chi connectivity index (χ3n) is 2.65. The molecule has 0 spiro atoms. The van der Waals surface area contributed by atoms with Crippen LogP contribution in [0.5, 0.6) is 0 Å². The third kappa shape index (κ3) is 1.54. The summed E-state index contributed by atoms with van der Waals surface area (Å²) < 4.78 is 5.46. The SMILES string of the molecule is C[C@H]1NCCO[C@]1(O)c1ccccc1. The average molecular weight is 193 g/mol. The minimum Gasteiger partial charge on any atom is -0.361 e. The first-order chi connectivity index (χ1) is 6.73. The van der Waals surface area contributed by atoms with Crippen molar-refractivity contribution in [3.05, 3.63) is 35.9 Å². The molecule has 2 rings (SSSR count). The summed E-state index contributed by atoms with van der Waals surface area (Å²) in [6, 6.07) is 9.40. The van der Waals surface area contributed by atoms with Crippen molar-refractivity contribution in [2.75, 3.05) is 13.2 Å². The summed E-state index contributed by atoms with van der Waals surface area (Å²) in [5.41, 5.74) is 0.805. The molecule has 0 amide bonds. The zero-order valence-corrected chi connectivity index (χ0v) is 8.23. The van der Waals surface area contributed by atoms with Gasteiger partial charge in [-0.3, -0.25) is 0 Å². The molecule has 3 heteroatoms. The number of benzene rings is 1. The fourth-order valence-corrected chi connectivity index (χ4v) is 1.76. The fraction of sp³-hybridized carbons (Fsp3) is 0.455. The Morgan fingerprint density at radius 1 is 1.43 bits per heavy atom. The molecule has 1 aliphatic heterocycles. The number of morpholine rings is 1. The highest BCUT2D eigenvalue weighted by Gasteiger charge is 2.38. The zero-order valence-electron chi connectivity index (χ0n) is 8.23. The Morgan fingerprint density at radius 3 is 2.79 bits per heavy atom. The molecule has 0 aliphatic carbocycles. The fourth-order valence-electron chi connectivity index (χ4n) is 1.76. The number of ether oxygens (including phenoxy) is 1. The Hall–Kier alpha value is -0.900. The second-order valence-electron chi connectivity index (χ2n) is 3.59. The van der Waals surface area contributed by atoms with Crippen LogP contribution < -0.4 is 5.32 Å². The zero-order chi connectivity index (χ0) is 10.0. The minimum atomic E-state index is -1.18. The number of hydrogen-bond donors (Lipinski definition) is 2. The lowest BCUT2D eigenvalue weighted by atomic mass is 9.98. The van der Waals surface area contributed by atoms with E-state index in [1.54, 1.807) is 0 Å². The maximum Gasteiger partial charge on any atom is 0.208 e. The normalized spacial score (nSPS) is 32.9. The van der Waals surface area contributed by atoms with Gasteiger partial charge in [0.05, 0.1) is 12.6 Å². The molecule has 2 atom stereocenters. The molecular formula is C11H15NO2. The van der Waals surface area contributed by atoms with E-state index >= 15 is 0 Å². The molecule has 3 nitrogen and oxygen atoms in total. The molecule has 76 valence electrons. The van der Waals surface area contributed by atoms with Gasteiger partial charge in [-0.2, -0.15) is 0 Å². The molecule has 2 N–H and O–H groups in total. The lowest BCUT2D eigenvalue weighted by Gasteiger charge is -2.38. The van der Waals surface area contributed by atoms with E-state index in [0.717, 1.165) is 12.1 Å². The van der Waals surface area contributed by atoms with Gasteiger partial charge in [0.25, 0.3) is 0 Å². The summed E-state index contributed by atoms with van der Waals surface area (Å²) in [5, 5.41) is 13.5. The summed E-state index contributed by atoms with van der Waals surface area (Å²) >= 11 is 0. The van der Waals surface area contributed by atoms with Gasteiger partial charge < -0.3 is 15.2 Å². The van der Waals surface area contributed by atoms with Crippen LogP contribution in [0, 0.1) is 0 Å². The Bertz CT molecular complexity index is 301. The summed E-state index contributed by atoms with van der Waals surface area (Å²) in [5.74, 6) is -1.18. The van der Waals surface area contributed by atoms with Crippen molar-refractivity contribution >= 4 is 0 Å². The van der Waals surface area contributed by atoms with Crippen molar-refractivity contribution in [3.8, 4) is 0 Å². The maximum absolute atomic E-state index is 10.3. The summed E-state index contributed by atoms with van der Waals surface area (Å²) in [4.78, 5) is 0. The van der Waals surface area contributed by atoms with Crippen LogP contribution >= 0.6 is 0 Å². The molecule has 1 aromatic carbocycles. The third-order valence-corrected chi connectivity index (χ3v) is 2.65. The van der Waals surface area contributed by atoms with E-state index in [1.807, 2.05) is 37.3 Å². The second-order valence-corrected chi connectivity index (χ2v) is 3.59. The van der Waals surface area contributed by atoms with Crippen molar-refractivity contribution < 1.29 is 9.84 Å². The van der Waals surface area contributed by atoms with Gasteiger partial charge >= 0.3 is 0 Å². The van der Waals surface area contributed by atoms with Crippen LogP contribution in [0.4, 0.5) is 0 Å². The van der Waals surface area contributed by atoms with Gasteiger partial charge in [0.1, 0.15) is 0 Å². The molecule has 0 unspecified atom stereocenters. The Kier molecular flexibility index (Phi) is 2.54. The quantitative estimate of drug-likeness (QED) is 0.694. The summed E-state index contributed by atoms with van der Waals surface area (Å²) in [7, 11) is 0. The Labute approximate surface area is 83.7 Å². The van der Waals surface area contributed by atoms with Crippen LogP contribution in [0.3, 0.4) is 0 Å². The molecule has 0 bridgehead atoms. The van der Waals surface area contributed by atoms with Gasteiger partial charge in [0, 0.05) is 12.1 Å². The predicted octanol–water partition coefficient (Wildman–Crippen LogP) is 0.840. The molecule has 0 radical (unpaired) electrons. The van der Waals surface area contributed by atoms with Crippen molar-refractivity contribution in [3.63, 3.8) is 0 Å². The van der Waals surface area contributed by atoms with Gasteiger partial charge in [-0.05, 0) is 6.92 Å². The number of aliphatic hydroxyl groups is 1. The largest absolute Gasteiger partial charge is 0.361 e.